The number of nitrogens with zero attached hydrogens (tertiary/aromatic N) is 1. The van der Waals surface area contributed by atoms with Crippen LogP contribution in [0.4, 0.5) is 0 Å². The highest BCUT2D eigenvalue weighted by atomic mass is 32.2. The Morgan fingerprint density at radius 2 is 2.53 bits per heavy atom. The molecule has 0 aliphatic heterocycles. The van der Waals surface area contributed by atoms with Gasteiger partial charge < -0.3 is 10.4 Å². The summed E-state index contributed by atoms with van der Waals surface area (Å²) in [6.45, 7) is 0.487. The zero-order valence-electron chi connectivity index (χ0n) is 7.90. The Labute approximate surface area is 95.4 Å². The van der Waals surface area contributed by atoms with Gasteiger partial charge in [-0.2, -0.15) is 11.8 Å². The number of carboxylic acid groups (broad SMARTS) is 1. The predicted molar refractivity (Wildman–Crippen MR) is 61.6 cm³/mol. The number of thiazole rings is 1. The van der Waals surface area contributed by atoms with Crippen LogP contribution in [0, 0.1) is 5.41 Å². The fraction of sp³-hybridized carbons (Fsp3) is 0.375. The van der Waals surface area contributed by atoms with Crippen LogP contribution < -0.4 is 5.32 Å². The molecule has 1 rings (SSSR count). The fourth-order valence-corrected chi connectivity index (χ4v) is 2.37. The SMILES string of the molecule is N=C(NCCSCc1nccs1)C(=O)O. The third-order valence-electron chi connectivity index (χ3n) is 1.47. The van der Waals surface area contributed by atoms with E-state index in [1.807, 2.05) is 5.38 Å². The van der Waals surface area contributed by atoms with E-state index in [4.69, 9.17) is 10.5 Å². The highest BCUT2D eigenvalue weighted by Gasteiger charge is 2.04. The van der Waals surface area contributed by atoms with Gasteiger partial charge in [-0.3, -0.25) is 5.41 Å². The van der Waals surface area contributed by atoms with Gasteiger partial charge >= 0.3 is 5.97 Å². The molecule has 3 N–H and O–H groups in total. The number of aromatic nitrogens is 1. The second-order valence-electron chi connectivity index (χ2n) is 2.59. The molecule has 0 fully saturated rings. The van der Waals surface area contributed by atoms with Crippen LogP contribution in [0.1, 0.15) is 5.01 Å². The molecule has 5 nitrogen and oxygen atoms in total. The summed E-state index contributed by atoms with van der Waals surface area (Å²) in [6.07, 6.45) is 1.76. The van der Waals surface area contributed by atoms with E-state index < -0.39 is 11.8 Å². The Balaban J connectivity index is 2.03. The molecule has 15 heavy (non-hydrogen) atoms. The summed E-state index contributed by atoms with van der Waals surface area (Å²) in [6, 6.07) is 0. The lowest BCUT2D eigenvalue weighted by Gasteiger charge is -2.02. The van der Waals surface area contributed by atoms with Crippen LogP contribution in [0.15, 0.2) is 11.6 Å². The highest BCUT2D eigenvalue weighted by molar-refractivity contribution is 7.98. The van der Waals surface area contributed by atoms with Gasteiger partial charge in [-0.1, -0.05) is 0 Å². The maximum atomic E-state index is 10.2. The van der Waals surface area contributed by atoms with E-state index in [-0.39, 0.29) is 0 Å². The summed E-state index contributed by atoms with van der Waals surface area (Å²) >= 11 is 3.26. The van der Waals surface area contributed by atoms with Crippen molar-refractivity contribution in [1.82, 2.24) is 10.3 Å². The van der Waals surface area contributed by atoms with Gasteiger partial charge in [0.25, 0.3) is 0 Å². The Morgan fingerprint density at radius 3 is 3.13 bits per heavy atom. The molecule has 0 spiro atoms. The second-order valence-corrected chi connectivity index (χ2v) is 4.67. The molecule has 0 aliphatic rings. The quantitative estimate of drug-likeness (QED) is 0.410. The third kappa shape index (κ3) is 4.80. The minimum atomic E-state index is -1.22. The third-order valence-corrected chi connectivity index (χ3v) is 3.40. The Kier molecular flexibility index (Phi) is 5.13. The van der Waals surface area contributed by atoms with Gasteiger partial charge in [0.1, 0.15) is 5.01 Å². The second kappa shape index (κ2) is 6.41. The molecular weight excluding hydrogens is 234 g/mol. The molecule has 0 saturated heterocycles. The number of hydrogen-bond donors (Lipinski definition) is 3. The van der Waals surface area contributed by atoms with Crippen molar-refractivity contribution in [2.24, 2.45) is 0 Å². The number of thioether (sulfide) groups is 1. The van der Waals surface area contributed by atoms with Gasteiger partial charge in [-0.25, -0.2) is 9.78 Å². The lowest BCUT2D eigenvalue weighted by atomic mass is 10.6. The molecule has 82 valence electrons. The van der Waals surface area contributed by atoms with Crippen molar-refractivity contribution < 1.29 is 9.90 Å². The van der Waals surface area contributed by atoms with E-state index in [2.05, 4.69) is 10.3 Å². The Bertz CT molecular complexity index is 327. The van der Waals surface area contributed by atoms with Crippen LogP contribution in [0.2, 0.25) is 0 Å². The first kappa shape index (κ1) is 12.0. The number of hydrogen-bond acceptors (Lipinski definition) is 5. The van der Waals surface area contributed by atoms with Gasteiger partial charge in [-0.05, 0) is 0 Å². The standard InChI is InChI=1S/C8H11N3O2S2/c9-7(8(12)13)11-1-3-14-5-6-10-2-4-15-6/h2,4H,1,3,5H2,(H2,9,11)(H,12,13). The van der Waals surface area contributed by atoms with Crippen LogP contribution in [0.25, 0.3) is 0 Å². The molecule has 0 saturated carbocycles. The van der Waals surface area contributed by atoms with Crippen molar-refractivity contribution in [3.8, 4) is 0 Å². The predicted octanol–water partition coefficient (Wildman–Crippen LogP) is 1.03. The summed E-state index contributed by atoms with van der Waals surface area (Å²) in [5.74, 6) is -0.0839. The number of carboxylic acids is 1. The number of nitrogens with one attached hydrogen (secondary N) is 2. The summed E-state index contributed by atoms with van der Waals surface area (Å²) in [4.78, 5) is 14.4. The van der Waals surface area contributed by atoms with Crippen molar-refractivity contribution in [1.29, 1.82) is 5.41 Å². The number of rotatable bonds is 5. The molecule has 1 aromatic heterocycles. The largest absolute Gasteiger partial charge is 0.475 e. The first-order valence-corrected chi connectivity index (χ1v) is 6.25. The molecule has 0 amide bonds. The van der Waals surface area contributed by atoms with Gasteiger partial charge in [0.15, 0.2) is 0 Å². The maximum Gasteiger partial charge on any atom is 0.370 e. The van der Waals surface area contributed by atoms with E-state index in [0.717, 1.165) is 16.5 Å². The van der Waals surface area contributed by atoms with Crippen LogP contribution in [-0.4, -0.2) is 34.2 Å². The zero-order chi connectivity index (χ0) is 11.1. The normalized spacial score (nSPS) is 9.87. The Hall–Kier alpha value is -1.08. The molecule has 1 aromatic rings. The van der Waals surface area contributed by atoms with E-state index in [1.54, 1.807) is 29.3 Å². The zero-order valence-corrected chi connectivity index (χ0v) is 9.53. The van der Waals surface area contributed by atoms with Gasteiger partial charge in [0.2, 0.25) is 5.84 Å². The smallest absolute Gasteiger partial charge is 0.370 e. The summed E-state index contributed by atoms with van der Waals surface area (Å²) in [5.41, 5.74) is 0. The lowest BCUT2D eigenvalue weighted by molar-refractivity contribution is -0.129. The molecule has 7 heteroatoms. The number of amidine groups is 1. The van der Waals surface area contributed by atoms with E-state index in [0.29, 0.717) is 6.54 Å². The van der Waals surface area contributed by atoms with Crippen LogP contribution in [-0.2, 0) is 10.5 Å². The summed E-state index contributed by atoms with van der Waals surface area (Å²) < 4.78 is 0. The molecule has 0 bridgehead atoms. The maximum absolute atomic E-state index is 10.2. The first-order chi connectivity index (χ1) is 7.20. The van der Waals surface area contributed by atoms with Crippen molar-refractivity contribution >= 4 is 34.9 Å². The molecule has 0 atom stereocenters. The Morgan fingerprint density at radius 1 is 1.73 bits per heavy atom. The molecule has 0 aliphatic carbocycles. The van der Waals surface area contributed by atoms with Crippen LogP contribution in [0.5, 0.6) is 0 Å². The van der Waals surface area contributed by atoms with Crippen molar-refractivity contribution in [2.75, 3.05) is 12.3 Å². The summed E-state index contributed by atoms with van der Waals surface area (Å²) in [5, 5.41) is 20.9. The minimum Gasteiger partial charge on any atom is -0.475 e. The molecule has 1 heterocycles. The van der Waals surface area contributed by atoms with E-state index in [9.17, 15) is 4.79 Å². The topological polar surface area (TPSA) is 86.1 Å². The molecular formula is C8H11N3O2S2. The molecule has 0 radical (unpaired) electrons. The average molecular weight is 245 g/mol. The van der Waals surface area contributed by atoms with Crippen molar-refractivity contribution in [3.05, 3.63) is 16.6 Å². The van der Waals surface area contributed by atoms with Gasteiger partial charge in [0, 0.05) is 29.6 Å². The lowest BCUT2D eigenvalue weighted by Crippen LogP contribution is -2.31. The van der Waals surface area contributed by atoms with Crippen molar-refractivity contribution in [2.45, 2.75) is 5.75 Å². The van der Waals surface area contributed by atoms with Gasteiger partial charge in [-0.15, -0.1) is 11.3 Å². The van der Waals surface area contributed by atoms with E-state index >= 15 is 0 Å². The fourth-order valence-electron chi connectivity index (χ4n) is 0.808. The highest BCUT2D eigenvalue weighted by Crippen LogP contribution is 2.13. The average Bonchev–Trinajstić information content (AvgIpc) is 2.69. The summed E-state index contributed by atoms with van der Waals surface area (Å²) in [7, 11) is 0. The number of carbonyl (C=O) groups is 1. The van der Waals surface area contributed by atoms with Crippen LogP contribution >= 0.6 is 23.1 Å². The van der Waals surface area contributed by atoms with Crippen LogP contribution in [0.3, 0.4) is 0 Å². The van der Waals surface area contributed by atoms with E-state index in [1.165, 1.54) is 0 Å². The molecule has 0 aromatic carbocycles. The first-order valence-electron chi connectivity index (χ1n) is 4.22. The van der Waals surface area contributed by atoms with Gasteiger partial charge in [0.05, 0.1) is 0 Å². The van der Waals surface area contributed by atoms with Crippen molar-refractivity contribution in [3.63, 3.8) is 0 Å². The molecule has 0 unspecified atom stereocenters. The number of aliphatic carboxylic acids is 1. The minimum absolute atomic E-state index is 0.454. The monoisotopic (exact) mass is 245 g/mol.